The van der Waals surface area contributed by atoms with Gasteiger partial charge in [0.25, 0.3) is 11.7 Å². The Balaban J connectivity index is 1.68. The van der Waals surface area contributed by atoms with Gasteiger partial charge < -0.3 is 28.5 Å². The highest BCUT2D eigenvalue weighted by Crippen LogP contribution is 2.44. The average molecular weight is 463 g/mol. The molecule has 2 aliphatic heterocycles. The van der Waals surface area contributed by atoms with Crippen LogP contribution in [-0.2, 0) is 9.59 Å². The normalized spacial score (nSPS) is 18.8. The van der Waals surface area contributed by atoms with Crippen molar-refractivity contribution in [2.75, 3.05) is 32.3 Å². The molecule has 1 atom stereocenters. The first kappa shape index (κ1) is 21.4. The van der Waals surface area contributed by atoms with Crippen LogP contribution < -0.4 is 23.8 Å². The summed E-state index contributed by atoms with van der Waals surface area (Å²) in [7, 11) is 2.97. The Kier molecular flexibility index (Phi) is 5.37. The van der Waals surface area contributed by atoms with E-state index in [1.807, 2.05) is 0 Å². The van der Waals surface area contributed by atoms with Gasteiger partial charge in [-0.1, -0.05) is 0 Å². The molecule has 1 saturated heterocycles. The van der Waals surface area contributed by atoms with E-state index in [-0.39, 0.29) is 11.3 Å². The summed E-state index contributed by atoms with van der Waals surface area (Å²) in [5, 5.41) is 11.2. The maximum atomic E-state index is 13.3. The molecule has 1 fully saturated rings. The number of hydrogen-bond donors (Lipinski definition) is 1. The molecule has 3 heterocycles. The predicted octanol–water partition coefficient (Wildman–Crippen LogP) is 3.69. The number of hydrogen-bond acceptors (Lipinski definition) is 8. The molecule has 0 bridgehead atoms. The molecule has 174 valence electrons. The van der Waals surface area contributed by atoms with Crippen molar-refractivity contribution in [3.63, 3.8) is 0 Å². The molecule has 5 rings (SSSR count). The number of ketones is 1. The van der Waals surface area contributed by atoms with E-state index in [1.54, 1.807) is 48.5 Å². The summed E-state index contributed by atoms with van der Waals surface area (Å²) in [6.07, 6.45) is 1.44. The summed E-state index contributed by atoms with van der Waals surface area (Å²) in [5.41, 5.74) is 0.543. The van der Waals surface area contributed by atoms with Crippen LogP contribution in [0.25, 0.3) is 5.76 Å². The fraction of sp³-hybridized carbons (Fsp3) is 0.200. The lowest BCUT2D eigenvalue weighted by molar-refractivity contribution is -0.132. The summed E-state index contributed by atoms with van der Waals surface area (Å²) in [6, 6.07) is 12.0. The first-order valence-electron chi connectivity index (χ1n) is 10.5. The molecular formula is C25H21NO8. The van der Waals surface area contributed by atoms with E-state index in [0.29, 0.717) is 53.2 Å². The molecule has 0 aliphatic carbocycles. The monoisotopic (exact) mass is 463 g/mol. The zero-order valence-electron chi connectivity index (χ0n) is 18.4. The number of Topliss-reactive ketones (excluding diaryl/α,β-unsaturated/α-hetero) is 1. The highest BCUT2D eigenvalue weighted by Gasteiger charge is 2.48. The minimum Gasteiger partial charge on any atom is -0.507 e. The Bertz CT molecular complexity index is 1270. The van der Waals surface area contributed by atoms with Gasteiger partial charge in [0.05, 0.1) is 31.7 Å². The molecule has 2 aliphatic rings. The number of rotatable bonds is 5. The van der Waals surface area contributed by atoms with Crippen LogP contribution in [0.15, 0.2) is 64.8 Å². The van der Waals surface area contributed by atoms with Crippen molar-refractivity contribution in [1.29, 1.82) is 0 Å². The van der Waals surface area contributed by atoms with Crippen LogP contribution in [0.4, 0.5) is 5.69 Å². The number of aliphatic hydroxyl groups is 1. The molecular weight excluding hydrogens is 442 g/mol. The van der Waals surface area contributed by atoms with Crippen molar-refractivity contribution in [3.8, 4) is 23.0 Å². The number of benzene rings is 2. The molecule has 1 unspecified atom stereocenters. The molecule has 1 N–H and O–H groups in total. The number of carbonyl (C=O) groups is 2. The van der Waals surface area contributed by atoms with E-state index < -0.39 is 17.7 Å². The van der Waals surface area contributed by atoms with E-state index >= 15 is 0 Å². The molecule has 0 radical (unpaired) electrons. The van der Waals surface area contributed by atoms with Gasteiger partial charge in [0, 0.05) is 23.8 Å². The number of fused-ring (bicyclic) bond motifs is 1. The Hall–Kier alpha value is -4.40. The highest BCUT2D eigenvalue weighted by molar-refractivity contribution is 6.51. The summed E-state index contributed by atoms with van der Waals surface area (Å²) in [6.45, 7) is 0.789. The summed E-state index contributed by atoms with van der Waals surface area (Å²) < 4.78 is 27.4. The summed E-state index contributed by atoms with van der Waals surface area (Å²) >= 11 is 0. The van der Waals surface area contributed by atoms with Gasteiger partial charge in [0.15, 0.2) is 11.5 Å². The van der Waals surface area contributed by atoms with Gasteiger partial charge in [0.2, 0.25) is 0 Å². The van der Waals surface area contributed by atoms with Crippen molar-refractivity contribution in [1.82, 2.24) is 0 Å². The van der Waals surface area contributed by atoms with E-state index in [4.69, 9.17) is 23.4 Å². The minimum atomic E-state index is -1.01. The van der Waals surface area contributed by atoms with E-state index in [1.165, 1.54) is 25.4 Å². The second kappa shape index (κ2) is 8.51. The molecule has 3 aromatic rings. The van der Waals surface area contributed by atoms with Crippen LogP contribution in [0.2, 0.25) is 0 Å². The third kappa shape index (κ3) is 3.51. The maximum Gasteiger partial charge on any atom is 0.300 e. The molecule has 1 aromatic heterocycles. The number of anilines is 1. The van der Waals surface area contributed by atoms with E-state index in [0.717, 1.165) is 0 Å². The Labute approximate surface area is 194 Å². The largest absolute Gasteiger partial charge is 0.507 e. The molecule has 1 amide bonds. The van der Waals surface area contributed by atoms with Crippen LogP contribution in [-0.4, -0.2) is 44.2 Å². The topological polar surface area (TPSA) is 108 Å². The van der Waals surface area contributed by atoms with Gasteiger partial charge in [-0.25, -0.2) is 0 Å². The third-order valence-electron chi connectivity index (χ3n) is 5.69. The summed E-state index contributed by atoms with van der Waals surface area (Å²) in [5.74, 6) is 0.119. The minimum absolute atomic E-state index is 0.113. The lowest BCUT2D eigenvalue weighted by Gasteiger charge is -2.24. The molecule has 9 heteroatoms. The number of furan rings is 1. The van der Waals surface area contributed by atoms with Crippen LogP contribution in [0.3, 0.4) is 0 Å². The molecule has 0 spiro atoms. The zero-order valence-corrected chi connectivity index (χ0v) is 18.4. The Morgan fingerprint density at radius 2 is 1.68 bits per heavy atom. The number of carbonyl (C=O) groups excluding carboxylic acids is 2. The number of methoxy groups -OCH3 is 2. The highest BCUT2D eigenvalue weighted by atomic mass is 16.6. The van der Waals surface area contributed by atoms with Crippen molar-refractivity contribution in [2.45, 2.75) is 6.04 Å². The van der Waals surface area contributed by atoms with Gasteiger partial charge in [-0.2, -0.15) is 0 Å². The second-order valence-corrected chi connectivity index (χ2v) is 7.61. The number of nitrogens with zero attached hydrogens (tertiary/aromatic N) is 1. The standard InChI is InChI=1S/C25H21NO8/c1-30-16-11-15(12-17(13-16)31-2)26-22(19-4-3-7-32-19)21(24(28)25(26)29)23(27)14-5-6-18-20(10-14)34-9-8-33-18/h3-7,10-13,22,27H,8-9H2,1-2H3/b23-21-. The third-order valence-corrected chi connectivity index (χ3v) is 5.69. The summed E-state index contributed by atoms with van der Waals surface area (Å²) in [4.78, 5) is 27.8. The number of amides is 1. The first-order chi connectivity index (χ1) is 16.5. The molecule has 34 heavy (non-hydrogen) atoms. The average Bonchev–Trinajstić information content (AvgIpc) is 3.49. The fourth-order valence-corrected chi connectivity index (χ4v) is 4.09. The van der Waals surface area contributed by atoms with Crippen LogP contribution in [0, 0.1) is 0 Å². The van der Waals surface area contributed by atoms with Crippen molar-refractivity contribution in [2.24, 2.45) is 0 Å². The van der Waals surface area contributed by atoms with E-state index in [2.05, 4.69) is 0 Å². The predicted molar refractivity (Wildman–Crippen MR) is 120 cm³/mol. The fourth-order valence-electron chi connectivity index (χ4n) is 4.09. The maximum absolute atomic E-state index is 13.3. The quantitative estimate of drug-likeness (QED) is 0.347. The van der Waals surface area contributed by atoms with Crippen molar-refractivity contribution < 1.29 is 38.1 Å². The van der Waals surface area contributed by atoms with Crippen molar-refractivity contribution >= 4 is 23.1 Å². The van der Waals surface area contributed by atoms with Crippen LogP contribution in [0.1, 0.15) is 17.4 Å². The molecule has 2 aromatic carbocycles. The van der Waals surface area contributed by atoms with Gasteiger partial charge in [0.1, 0.15) is 42.3 Å². The van der Waals surface area contributed by atoms with Crippen LogP contribution >= 0.6 is 0 Å². The van der Waals surface area contributed by atoms with Gasteiger partial charge >= 0.3 is 0 Å². The lowest BCUT2D eigenvalue weighted by atomic mass is 9.99. The Morgan fingerprint density at radius 1 is 0.971 bits per heavy atom. The molecule has 0 saturated carbocycles. The van der Waals surface area contributed by atoms with Crippen molar-refractivity contribution in [3.05, 3.63) is 71.7 Å². The van der Waals surface area contributed by atoms with E-state index in [9.17, 15) is 14.7 Å². The smallest absolute Gasteiger partial charge is 0.300 e. The van der Waals surface area contributed by atoms with Crippen LogP contribution in [0.5, 0.6) is 23.0 Å². The SMILES string of the molecule is COc1cc(OC)cc(N2C(=O)C(=O)/C(=C(\O)c3ccc4c(c3)OCCO4)C2c2ccco2)c1. The zero-order chi connectivity index (χ0) is 23.8. The number of aliphatic hydroxyl groups excluding tert-OH is 1. The van der Waals surface area contributed by atoms with Gasteiger partial charge in [-0.3, -0.25) is 14.5 Å². The Morgan fingerprint density at radius 3 is 2.32 bits per heavy atom. The second-order valence-electron chi connectivity index (χ2n) is 7.61. The first-order valence-corrected chi connectivity index (χ1v) is 10.5. The number of ether oxygens (including phenoxy) is 4. The molecule has 9 nitrogen and oxygen atoms in total. The lowest BCUT2D eigenvalue weighted by Crippen LogP contribution is -2.29. The van der Waals surface area contributed by atoms with Gasteiger partial charge in [-0.15, -0.1) is 0 Å². The van der Waals surface area contributed by atoms with Gasteiger partial charge in [-0.05, 0) is 30.3 Å².